The van der Waals surface area contributed by atoms with Gasteiger partial charge in [0, 0.05) is 18.4 Å². The van der Waals surface area contributed by atoms with Crippen LogP contribution in [0.2, 0.25) is 0 Å². The average Bonchev–Trinajstić information content (AvgIpc) is 3.06. The molecule has 2 heterocycles. The summed E-state index contributed by atoms with van der Waals surface area (Å²) in [4.78, 5) is 1.70. The second-order valence-electron chi connectivity index (χ2n) is 5.86. The van der Waals surface area contributed by atoms with Crippen molar-refractivity contribution in [3.8, 4) is 17.2 Å². The van der Waals surface area contributed by atoms with E-state index in [0.29, 0.717) is 11.8 Å². The minimum Gasteiger partial charge on any atom is -0.493 e. The molecular formula is C16H26N2O3+2. The van der Waals surface area contributed by atoms with Crippen LogP contribution in [0.25, 0.3) is 0 Å². The maximum Gasteiger partial charge on any atom is 0.203 e. The van der Waals surface area contributed by atoms with E-state index in [-0.39, 0.29) is 0 Å². The molecule has 2 aliphatic rings. The summed E-state index contributed by atoms with van der Waals surface area (Å²) in [6, 6.07) is 2.70. The van der Waals surface area contributed by atoms with Gasteiger partial charge in [0.2, 0.25) is 5.75 Å². The van der Waals surface area contributed by atoms with Gasteiger partial charge >= 0.3 is 0 Å². The van der Waals surface area contributed by atoms with Crippen molar-refractivity contribution in [2.45, 2.75) is 25.4 Å². The zero-order valence-corrected chi connectivity index (χ0v) is 13.2. The lowest BCUT2D eigenvalue weighted by Gasteiger charge is -2.30. The number of benzene rings is 1. The van der Waals surface area contributed by atoms with E-state index in [9.17, 15) is 0 Å². The predicted molar refractivity (Wildman–Crippen MR) is 79.3 cm³/mol. The van der Waals surface area contributed by atoms with Crippen molar-refractivity contribution in [3.05, 3.63) is 17.2 Å². The Bertz CT molecular complexity index is 513. The van der Waals surface area contributed by atoms with E-state index in [0.717, 1.165) is 24.6 Å². The first-order valence-electron chi connectivity index (χ1n) is 7.78. The third kappa shape index (κ3) is 2.45. The SMILES string of the molecule is COc1cc2c(c(OC)c1OC)C[NH2+]C[C@H]2[NH+]1CCCC1. The lowest BCUT2D eigenvalue weighted by Crippen LogP contribution is -3.13. The van der Waals surface area contributed by atoms with Crippen LogP contribution in [0, 0.1) is 0 Å². The largest absolute Gasteiger partial charge is 0.493 e. The number of ether oxygens (including phenoxy) is 3. The number of fused-ring (bicyclic) bond motifs is 1. The Morgan fingerprint density at radius 2 is 1.76 bits per heavy atom. The molecule has 0 aliphatic carbocycles. The maximum atomic E-state index is 5.65. The highest BCUT2D eigenvalue weighted by molar-refractivity contribution is 5.59. The van der Waals surface area contributed by atoms with E-state index in [1.54, 1.807) is 26.2 Å². The quantitative estimate of drug-likeness (QED) is 0.788. The molecule has 5 nitrogen and oxygen atoms in total. The van der Waals surface area contributed by atoms with Gasteiger partial charge < -0.3 is 24.4 Å². The van der Waals surface area contributed by atoms with Gasteiger partial charge in [-0.25, -0.2) is 0 Å². The number of methoxy groups -OCH3 is 3. The van der Waals surface area contributed by atoms with Gasteiger partial charge in [-0.3, -0.25) is 0 Å². The van der Waals surface area contributed by atoms with Gasteiger partial charge in [0.05, 0.1) is 40.0 Å². The lowest BCUT2D eigenvalue weighted by molar-refractivity contribution is -0.937. The summed E-state index contributed by atoms with van der Waals surface area (Å²) in [7, 11) is 5.07. The highest BCUT2D eigenvalue weighted by Gasteiger charge is 2.37. The Balaban J connectivity index is 2.09. The number of nitrogens with one attached hydrogen (secondary N) is 1. The van der Waals surface area contributed by atoms with E-state index in [1.165, 1.54) is 37.1 Å². The normalized spacial score (nSPS) is 22.0. The number of hydrogen-bond donors (Lipinski definition) is 2. The summed E-state index contributed by atoms with van der Waals surface area (Å²) in [6.45, 7) is 4.63. The van der Waals surface area contributed by atoms with Crippen LogP contribution in [0.4, 0.5) is 0 Å². The Morgan fingerprint density at radius 1 is 1.05 bits per heavy atom. The van der Waals surface area contributed by atoms with E-state index in [4.69, 9.17) is 14.2 Å². The minimum atomic E-state index is 0.532. The van der Waals surface area contributed by atoms with Crippen LogP contribution >= 0.6 is 0 Å². The van der Waals surface area contributed by atoms with Crippen molar-refractivity contribution < 1.29 is 24.4 Å². The van der Waals surface area contributed by atoms with E-state index >= 15 is 0 Å². The first kappa shape index (κ1) is 14.5. The van der Waals surface area contributed by atoms with Crippen LogP contribution < -0.4 is 24.4 Å². The zero-order chi connectivity index (χ0) is 14.8. The van der Waals surface area contributed by atoms with Gasteiger partial charge in [-0.2, -0.15) is 0 Å². The van der Waals surface area contributed by atoms with Crippen LogP contribution in [0.15, 0.2) is 6.07 Å². The van der Waals surface area contributed by atoms with Gasteiger partial charge in [-0.1, -0.05) is 0 Å². The summed E-state index contributed by atoms with van der Waals surface area (Å²) in [5, 5.41) is 2.38. The van der Waals surface area contributed by atoms with Crippen molar-refractivity contribution in [1.82, 2.24) is 0 Å². The smallest absolute Gasteiger partial charge is 0.203 e. The summed E-state index contributed by atoms with van der Waals surface area (Å²) in [6.07, 6.45) is 2.68. The monoisotopic (exact) mass is 294 g/mol. The fraction of sp³-hybridized carbons (Fsp3) is 0.625. The molecule has 0 spiro atoms. The van der Waals surface area contributed by atoms with Crippen LogP contribution in [0.3, 0.4) is 0 Å². The Kier molecular flexibility index (Phi) is 4.22. The van der Waals surface area contributed by atoms with E-state index in [2.05, 4.69) is 11.4 Å². The first-order chi connectivity index (χ1) is 10.3. The van der Waals surface area contributed by atoms with Crippen molar-refractivity contribution in [2.75, 3.05) is 41.0 Å². The molecule has 1 aromatic rings. The zero-order valence-electron chi connectivity index (χ0n) is 13.2. The molecule has 1 saturated heterocycles. The molecule has 1 fully saturated rings. The third-order valence-corrected chi connectivity index (χ3v) is 4.83. The van der Waals surface area contributed by atoms with Crippen molar-refractivity contribution in [2.24, 2.45) is 0 Å². The van der Waals surface area contributed by atoms with Gasteiger partial charge in [-0.15, -0.1) is 0 Å². The van der Waals surface area contributed by atoms with Gasteiger partial charge in [0.15, 0.2) is 17.5 Å². The molecule has 1 atom stereocenters. The second kappa shape index (κ2) is 6.12. The summed E-state index contributed by atoms with van der Waals surface area (Å²) in [5.41, 5.74) is 2.65. The summed E-state index contributed by atoms with van der Waals surface area (Å²) >= 11 is 0. The number of nitrogens with two attached hydrogens (primary N) is 1. The van der Waals surface area contributed by atoms with Gasteiger partial charge in [0.1, 0.15) is 13.1 Å². The van der Waals surface area contributed by atoms with Crippen LogP contribution in [0.5, 0.6) is 17.2 Å². The van der Waals surface area contributed by atoms with Crippen LogP contribution in [-0.4, -0.2) is 41.0 Å². The number of quaternary nitrogens is 2. The van der Waals surface area contributed by atoms with Crippen LogP contribution in [-0.2, 0) is 6.54 Å². The fourth-order valence-corrected chi connectivity index (χ4v) is 3.84. The van der Waals surface area contributed by atoms with Crippen LogP contribution in [0.1, 0.15) is 30.0 Å². The molecule has 2 aliphatic heterocycles. The predicted octanol–water partition coefficient (Wildman–Crippen LogP) is -0.491. The van der Waals surface area contributed by atoms with E-state index in [1.807, 2.05) is 0 Å². The number of rotatable bonds is 4. The minimum absolute atomic E-state index is 0.532. The Morgan fingerprint density at radius 3 is 2.38 bits per heavy atom. The molecule has 3 N–H and O–H groups in total. The standard InChI is InChI=1S/C16H24N2O3/c1-19-14-8-11-12(15(20-2)16(14)21-3)9-17-10-13(11)18-6-4-5-7-18/h8,13,17H,4-7,9-10H2,1-3H3/p+2/t13-/m1/s1. The topological polar surface area (TPSA) is 48.7 Å². The molecule has 0 bridgehead atoms. The fourth-order valence-electron chi connectivity index (χ4n) is 3.84. The molecule has 3 rings (SSSR count). The molecule has 0 unspecified atom stereocenters. The Labute approximate surface area is 126 Å². The third-order valence-electron chi connectivity index (χ3n) is 4.83. The highest BCUT2D eigenvalue weighted by Crippen LogP contribution is 2.43. The molecule has 0 saturated carbocycles. The molecule has 0 radical (unpaired) electrons. The molecule has 0 aromatic heterocycles. The first-order valence-corrected chi connectivity index (χ1v) is 7.78. The average molecular weight is 294 g/mol. The van der Waals surface area contributed by atoms with Crippen molar-refractivity contribution in [1.29, 1.82) is 0 Å². The number of hydrogen-bond acceptors (Lipinski definition) is 3. The molecule has 116 valence electrons. The molecule has 21 heavy (non-hydrogen) atoms. The summed E-state index contributed by atoms with van der Waals surface area (Å²) in [5.74, 6) is 2.33. The molecular weight excluding hydrogens is 268 g/mol. The second-order valence-corrected chi connectivity index (χ2v) is 5.86. The molecule has 1 aromatic carbocycles. The van der Waals surface area contributed by atoms with Gasteiger partial charge in [0.25, 0.3) is 0 Å². The highest BCUT2D eigenvalue weighted by atomic mass is 16.5. The lowest BCUT2D eigenvalue weighted by atomic mass is 9.93. The molecule has 5 heteroatoms. The maximum absolute atomic E-state index is 5.65. The molecule has 0 amide bonds. The number of likely N-dealkylation sites (tertiary alicyclic amines) is 1. The van der Waals surface area contributed by atoms with Gasteiger partial charge in [-0.05, 0) is 6.07 Å². The Hall–Kier alpha value is -1.46. The van der Waals surface area contributed by atoms with Crippen molar-refractivity contribution >= 4 is 0 Å². The van der Waals surface area contributed by atoms with Crippen molar-refractivity contribution in [3.63, 3.8) is 0 Å². The van der Waals surface area contributed by atoms with E-state index < -0.39 is 0 Å². The summed E-state index contributed by atoms with van der Waals surface area (Å²) < 4.78 is 16.7.